The molecule has 0 aliphatic rings. The van der Waals surface area contributed by atoms with E-state index in [0.717, 1.165) is 12.1 Å². The van der Waals surface area contributed by atoms with Gasteiger partial charge in [0, 0.05) is 0 Å². The zero-order valence-electron chi connectivity index (χ0n) is 10.7. The average molecular weight is 301 g/mol. The Morgan fingerprint density at radius 1 is 1.15 bits per heavy atom. The summed E-state index contributed by atoms with van der Waals surface area (Å²) in [6, 6.07) is 5.45. The van der Waals surface area contributed by atoms with Gasteiger partial charge in [-0.2, -0.15) is 0 Å². The van der Waals surface area contributed by atoms with Crippen LogP contribution in [0.15, 0.2) is 39.6 Å². The van der Waals surface area contributed by atoms with E-state index in [1.807, 2.05) is 0 Å². The lowest BCUT2D eigenvalue weighted by atomic mass is 10.3. The van der Waals surface area contributed by atoms with Crippen molar-refractivity contribution in [3.05, 3.63) is 53.5 Å². The van der Waals surface area contributed by atoms with Gasteiger partial charge in [0.1, 0.15) is 33.8 Å². The van der Waals surface area contributed by atoms with E-state index in [-0.39, 0.29) is 5.76 Å². The van der Waals surface area contributed by atoms with Gasteiger partial charge in [-0.15, -0.1) is 0 Å². The first-order valence-electron chi connectivity index (χ1n) is 5.82. The summed E-state index contributed by atoms with van der Waals surface area (Å²) in [5.41, 5.74) is 0. The Bertz CT molecular complexity index is 710. The summed E-state index contributed by atoms with van der Waals surface area (Å²) in [7, 11) is -2.27. The highest BCUT2D eigenvalue weighted by Crippen LogP contribution is 2.21. The number of rotatable bonds is 5. The molecule has 1 N–H and O–H groups in total. The molecule has 1 aromatic carbocycles. The van der Waals surface area contributed by atoms with E-state index in [0.29, 0.717) is 18.4 Å². The highest BCUT2D eigenvalue weighted by Gasteiger charge is 2.22. The maximum Gasteiger partial charge on any atom is 0.188 e. The molecule has 7 heteroatoms. The maximum atomic E-state index is 13.5. The van der Waals surface area contributed by atoms with Gasteiger partial charge in [0.05, 0.1) is 6.54 Å². The molecule has 1 heterocycles. The third kappa shape index (κ3) is 3.23. The normalized spacial score (nSPS) is 11.8. The SMILES string of the molecule is CNCc1ccc(CS(=O)(=O)c2cc(F)ccc2F)o1. The molecule has 0 radical (unpaired) electrons. The van der Waals surface area contributed by atoms with Crippen LogP contribution in [0.3, 0.4) is 0 Å². The number of nitrogens with one attached hydrogen (secondary N) is 1. The molecular weight excluding hydrogens is 288 g/mol. The van der Waals surface area contributed by atoms with Crippen LogP contribution >= 0.6 is 0 Å². The first-order chi connectivity index (χ1) is 9.42. The van der Waals surface area contributed by atoms with E-state index >= 15 is 0 Å². The van der Waals surface area contributed by atoms with Crippen LogP contribution in [0.4, 0.5) is 8.78 Å². The Balaban J connectivity index is 2.28. The Hall–Kier alpha value is -1.73. The Labute approximate surface area is 115 Å². The van der Waals surface area contributed by atoms with Crippen molar-refractivity contribution in [3.8, 4) is 0 Å². The molecule has 0 aliphatic heterocycles. The Morgan fingerprint density at radius 2 is 1.85 bits per heavy atom. The van der Waals surface area contributed by atoms with E-state index in [1.165, 1.54) is 6.07 Å². The van der Waals surface area contributed by atoms with Gasteiger partial charge in [-0.05, 0) is 37.4 Å². The quantitative estimate of drug-likeness (QED) is 0.920. The molecule has 0 atom stereocenters. The number of benzene rings is 1. The van der Waals surface area contributed by atoms with Crippen molar-refractivity contribution in [2.75, 3.05) is 7.05 Å². The third-order valence-corrected chi connectivity index (χ3v) is 4.28. The standard InChI is InChI=1S/C13H13F2NO3S/c1-16-7-10-3-4-11(19-10)8-20(17,18)13-6-9(14)2-5-12(13)15/h2-6,16H,7-8H2,1H3. The lowest BCUT2D eigenvalue weighted by molar-refractivity contribution is 0.464. The van der Waals surface area contributed by atoms with E-state index in [9.17, 15) is 17.2 Å². The Morgan fingerprint density at radius 3 is 2.55 bits per heavy atom. The van der Waals surface area contributed by atoms with Crippen LogP contribution in [0.25, 0.3) is 0 Å². The van der Waals surface area contributed by atoms with Crippen LogP contribution in [0.5, 0.6) is 0 Å². The summed E-state index contributed by atoms with van der Waals surface area (Å²) in [5.74, 6) is -1.55. The highest BCUT2D eigenvalue weighted by atomic mass is 32.2. The summed E-state index contributed by atoms with van der Waals surface area (Å²) >= 11 is 0. The molecule has 108 valence electrons. The van der Waals surface area contributed by atoms with Crippen LogP contribution in [0.2, 0.25) is 0 Å². The second-order valence-electron chi connectivity index (χ2n) is 4.23. The van der Waals surface area contributed by atoms with Crippen LogP contribution in [-0.4, -0.2) is 15.5 Å². The van der Waals surface area contributed by atoms with E-state index in [2.05, 4.69) is 5.32 Å². The summed E-state index contributed by atoms with van der Waals surface area (Å²) < 4.78 is 56.0. The Kier molecular flexibility index (Phi) is 4.20. The number of furan rings is 1. The van der Waals surface area contributed by atoms with Crippen molar-refractivity contribution in [2.45, 2.75) is 17.2 Å². The molecule has 4 nitrogen and oxygen atoms in total. The molecule has 2 aromatic rings. The van der Waals surface area contributed by atoms with Gasteiger partial charge < -0.3 is 9.73 Å². The fourth-order valence-corrected chi connectivity index (χ4v) is 3.09. The van der Waals surface area contributed by atoms with Crippen LogP contribution in [-0.2, 0) is 22.1 Å². The van der Waals surface area contributed by atoms with Crippen molar-refractivity contribution >= 4 is 9.84 Å². The fourth-order valence-electron chi connectivity index (χ4n) is 1.75. The zero-order chi connectivity index (χ0) is 14.8. The second-order valence-corrected chi connectivity index (χ2v) is 6.19. The van der Waals surface area contributed by atoms with Gasteiger partial charge >= 0.3 is 0 Å². The maximum absolute atomic E-state index is 13.5. The van der Waals surface area contributed by atoms with Crippen molar-refractivity contribution in [3.63, 3.8) is 0 Å². The van der Waals surface area contributed by atoms with Gasteiger partial charge in [-0.25, -0.2) is 17.2 Å². The van der Waals surface area contributed by atoms with Crippen LogP contribution < -0.4 is 5.32 Å². The lowest BCUT2D eigenvalue weighted by Crippen LogP contribution is -2.07. The molecule has 0 unspecified atom stereocenters. The molecule has 20 heavy (non-hydrogen) atoms. The molecule has 0 aliphatic carbocycles. The van der Waals surface area contributed by atoms with Gasteiger partial charge in [0.25, 0.3) is 0 Å². The zero-order valence-corrected chi connectivity index (χ0v) is 11.5. The first kappa shape index (κ1) is 14.7. The molecule has 2 rings (SSSR count). The average Bonchev–Trinajstić information content (AvgIpc) is 2.79. The molecule has 0 bridgehead atoms. The first-order valence-corrected chi connectivity index (χ1v) is 7.47. The minimum Gasteiger partial charge on any atom is -0.464 e. The van der Waals surface area contributed by atoms with E-state index in [1.54, 1.807) is 13.1 Å². The van der Waals surface area contributed by atoms with Crippen molar-refractivity contribution in [1.29, 1.82) is 0 Å². The molecule has 0 saturated heterocycles. The van der Waals surface area contributed by atoms with Crippen LogP contribution in [0, 0.1) is 11.6 Å². The lowest BCUT2D eigenvalue weighted by Gasteiger charge is -2.04. The van der Waals surface area contributed by atoms with Gasteiger partial charge in [-0.3, -0.25) is 0 Å². The molecule has 1 aromatic heterocycles. The van der Waals surface area contributed by atoms with Crippen molar-refractivity contribution in [1.82, 2.24) is 5.32 Å². The van der Waals surface area contributed by atoms with Gasteiger partial charge in [0.15, 0.2) is 9.84 Å². The third-order valence-electron chi connectivity index (χ3n) is 2.63. The highest BCUT2D eigenvalue weighted by molar-refractivity contribution is 7.90. The fraction of sp³-hybridized carbons (Fsp3) is 0.231. The van der Waals surface area contributed by atoms with Crippen molar-refractivity contribution in [2.24, 2.45) is 0 Å². The molecular formula is C13H13F2NO3S. The summed E-state index contributed by atoms with van der Waals surface area (Å²) in [4.78, 5) is -0.663. The summed E-state index contributed by atoms with van der Waals surface area (Å²) in [6.07, 6.45) is 0. The van der Waals surface area contributed by atoms with Crippen molar-refractivity contribution < 1.29 is 21.6 Å². The topological polar surface area (TPSA) is 59.3 Å². The second kappa shape index (κ2) is 5.72. The number of halogens is 2. The van der Waals surface area contributed by atoms with Crippen LogP contribution in [0.1, 0.15) is 11.5 Å². The van der Waals surface area contributed by atoms with Gasteiger partial charge in [-0.1, -0.05) is 0 Å². The summed E-state index contributed by atoms with van der Waals surface area (Å²) in [5, 5.41) is 2.86. The van der Waals surface area contributed by atoms with E-state index < -0.39 is 32.1 Å². The predicted molar refractivity (Wildman–Crippen MR) is 68.7 cm³/mol. The van der Waals surface area contributed by atoms with Gasteiger partial charge in [0.2, 0.25) is 0 Å². The predicted octanol–water partition coefficient (Wildman–Crippen LogP) is 2.25. The number of sulfone groups is 1. The number of hydrogen-bond donors (Lipinski definition) is 1. The molecule has 0 saturated carbocycles. The molecule has 0 amide bonds. The minimum absolute atomic E-state index is 0.180. The summed E-state index contributed by atoms with van der Waals surface area (Å²) in [6.45, 7) is 0.453. The smallest absolute Gasteiger partial charge is 0.188 e. The van der Waals surface area contributed by atoms with E-state index in [4.69, 9.17) is 4.42 Å². The minimum atomic E-state index is -4.00. The monoisotopic (exact) mass is 301 g/mol. The largest absolute Gasteiger partial charge is 0.464 e. The number of hydrogen-bond acceptors (Lipinski definition) is 4. The molecule has 0 fully saturated rings. The molecule has 0 spiro atoms.